The number of ketones is 1. The molecule has 0 radical (unpaired) electrons. The van der Waals surface area contributed by atoms with Crippen molar-refractivity contribution in [3.63, 3.8) is 0 Å². The summed E-state index contributed by atoms with van der Waals surface area (Å²) in [5, 5.41) is 11.5. The van der Waals surface area contributed by atoms with Gasteiger partial charge in [0.2, 0.25) is 0 Å². The molecule has 0 bridgehead atoms. The lowest BCUT2D eigenvalue weighted by Crippen LogP contribution is -2.25. The molecule has 0 amide bonds. The molecule has 38 heavy (non-hydrogen) atoms. The average Bonchev–Trinajstić information content (AvgIpc) is 3.21. The van der Waals surface area contributed by atoms with Gasteiger partial charge in [0.05, 0.1) is 19.4 Å². The van der Waals surface area contributed by atoms with E-state index >= 15 is 0 Å². The minimum atomic E-state index is -1.43. The molecule has 0 spiro atoms. The molecule has 2 heterocycles. The quantitative estimate of drug-likeness (QED) is 0.323. The molecular weight excluding hydrogens is 492 g/mol. The Morgan fingerprint density at radius 2 is 1.95 bits per heavy atom. The van der Waals surface area contributed by atoms with Crippen LogP contribution < -0.4 is 14.2 Å². The van der Waals surface area contributed by atoms with Crippen LogP contribution in [-0.4, -0.2) is 42.9 Å². The van der Waals surface area contributed by atoms with Gasteiger partial charge in [0.1, 0.15) is 36.1 Å². The number of nitrogens with zero attached hydrogens (tertiary/aromatic N) is 1. The molecule has 3 aromatic rings. The molecule has 6 nitrogen and oxygen atoms in total. The van der Waals surface area contributed by atoms with Crippen LogP contribution in [0.25, 0.3) is 11.3 Å². The summed E-state index contributed by atoms with van der Waals surface area (Å²) in [6.07, 6.45) is 0.160. The van der Waals surface area contributed by atoms with Gasteiger partial charge in [-0.1, -0.05) is 13.8 Å². The van der Waals surface area contributed by atoms with Crippen LogP contribution in [0, 0.1) is 12.7 Å². The monoisotopic (exact) mass is 525 g/mol. The number of hydrogen-bond acceptors (Lipinski definition) is 6. The van der Waals surface area contributed by atoms with Gasteiger partial charge in [0.25, 0.3) is 0 Å². The molecule has 8 heteroatoms. The van der Waals surface area contributed by atoms with E-state index in [0.717, 1.165) is 5.56 Å². The lowest BCUT2D eigenvalue weighted by Gasteiger charge is -2.25. The number of methoxy groups -OCH3 is 1. The molecule has 1 aliphatic rings. The minimum Gasteiger partial charge on any atom is -0.493 e. The molecule has 1 unspecified atom stereocenters. The number of pyridine rings is 1. The van der Waals surface area contributed by atoms with Crippen molar-refractivity contribution in [1.82, 2.24) is 4.98 Å². The molecule has 0 fully saturated rings. The minimum absolute atomic E-state index is 0.0461. The van der Waals surface area contributed by atoms with E-state index in [1.165, 1.54) is 13.2 Å². The zero-order chi connectivity index (χ0) is 27.7. The fourth-order valence-corrected chi connectivity index (χ4v) is 4.51. The van der Waals surface area contributed by atoms with E-state index in [2.05, 4.69) is 13.8 Å². The van der Waals surface area contributed by atoms with Crippen LogP contribution in [0.2, 0.25) is 0 Å². The lowest BCUT2D eigenvalue weighted by atomic mass is 9.83. The van der Waals surface area contributed by atoms with Gasteiger partial charge < -0.3 is 19.3 Å². The third-order valence-corrected chi connectivity index (χ3v) is 6.92. The number of ether oxygens (including phenoxy) is 3. The number of halogens is 2. The Morgan fingerprint density at radius 3 is 2.63 bits per heavy atom. The van der Waals surface area contributed by atoms with E-state index in [1.807, 2.05) is 6.07 Å². The van der Waals surface area contributed by atoms with E-state index in [0.29, 0.717) is 51.9 Å². The highest BCUT2D eigenvalue weighted by molar-refractivity contribution is 5.96. The van der Waals surface area contributed by atoms with Gasteiger partial charge in [-0.2, -0.15) is 0 Å². The maximum Gasteiger partial charge on any atom is 0.163 e. The first-order valence-electron chi connectivity index (χ1n) is 12.5. The van der Waals surface area contributed by atoms with Crippen LogP contribution in [0.1, 0.15) is 60.8 Å². The smallest absolute Gasteiger partial charge is 0.163 e. The Hall–Kier alpha value is -3.52. The van der Waals surface area contributed by atoms with Crippen molar-refractivity contribution in [3.8, 4) is 28.5 Å². The molecule has 1 N–H and O–H groups in total. The summed E-state index contributed by atoms with van der Waals surface area (Å²) in [6, 6.07) is 11.3. The summed E-state index contributed by atoms with van der Waals surface area (Å²) in [7, 11) is 1.45. The number of aliphatic hydroxyl groups is 1. The van der Waals surface area contributed by atoms with Crippen LogP contribution in [-0.2, 0) is 11.0 Å². The fraction of sp³-hybridized carbons (Fsp3) is 0.400. The molecule has 1 atom stereocenters. The molecule has 2 aromatic carbocycles. The number of alkyl halides is 1. The summed E-state index contributed by atoms with van der Waals surface area (Å²) in [5.74, 6) is 0.799. The molecule has 0 saturated heterocycles. The van der Waals surface area contributed by atoms with Crippen molar-refractivity contribution in [3.05, 3.63) is 70.7 Å². The molecule has 1 aromatic heterocycles. The highest BCUT2D eigenvalue weighted by Crippen LogP contribution is 2.46. The predicted molar refractivity (Wildman–Crippen MR) is 140 cm³/mol. The summed E-state index contributed by atoms with van der Waals surface area (Å²) in [6.45, 7) is 7.12. The van der Waals surface area contributed by atoms with Crippen LogP contribution in [0.15, 0.2) is 42.5 Å². The highest BCUT2D eigenvalue weighted by atomic mass is 19.1. The van der Waals surface area contributed by atoms with Gasteiger partial charge >= 0.3 is 0 Å². The number of carbonyl (C=O) groups excluding carboxylic acids is 1. The van der Waals surface area contributed by atoms with E-state index in [9.17, 15) is 18.7 Å². The molecule has 0 saturated carbocycles. The van der Waals surface area contributed by atoms with Gasteiger partial charge in [-0.15, -0.1) is 0 Å². The first kappa shape index (κ1) is 27.5. The van der Waals surface area contributed by atoms with Crippen LogP contribution in [0.5, 0.6) is 17.2 Å². The van der Waals surface area contributed by atoms with Gasteiger partial charge in [-0.3, -0.25) is 4.79 Å². The van der Waals surface area contributed by atoms with Crippen LogP contribution in [0.3, 0.4) is 0 Å². The number of fused-ring (bicyclic) bond motifs is 1. The fourth-order valence-electron chi connectivity index (χ4n) is 4.51. The van der Waals surface area contributed by atoms with Crippen molar-refractivity contribution in [2.45, 2.75) is 51.6 Å². The zero-order valence-corrected chi connectivity index (χ0v) is 22.4. The number of Topliss-reactive ketones (excluding diaryl/α,β-unsaturated/α-hetero) is 1. The second-order valence-corrected chi connectivity index (χ2v) is 10.5. The van der Waals surface area contributed by atoms with E-state index in [4.69, 9.17) is 19.2 Å². The molecule has 4 rings (SSSR count). The molecule has 1 aliphatic heterocycles. The van der Waals surface area contributed by atoms with Gasteiger partial charge in [0.15, 0.2) is 17.3 Å². The number of carbonyl (C=O) groups is 1. The first-order valence-corrected chi connectivity index (χ1v) is 12.5. The Labute approximate surface area is 221 Å². The summed E-state index contributed by atoms with van der Waals surface area (Å²) >= 11 is 0. The second kappa shape index (κ2) is 10.7. The number of benzene rings is 2. The number of rotatable bonds is 10. The summed E-state index contributed by atoms with van der Waals surface area (Å²) < 4.78 is 43.1. The van der Waals surface area contributed by atoms with Crippen molar-refractivity contribution in [2.75, 3.05) is 27.0 Å². The van der Waals surface area contributed by atoms with E-state index < -0.39 is 12.3 Å². The third kappa shape index (κ3) is 5.50. The van der Waals surface area contributed by atoms with E-state index in [1.54, 1.807) is 44.2 Å². The van der Waals surface area contributed by atoms with Crippen molar-refractivity contribution in [1.29, 1.82) is 0 Å². The average molecular weight is 526 g/mol. The van der Waals surface area contributed by atoms with Crippen molar-refractivity contribution in [2.24, 2.45) is 0 Å². The molecular formula is C30H33F2NO5. The largest absolute Gasteiger partial charge is 0.493 e. The normalized spacial score (nSPS) is 15.4. The first-order chi connectivity index (χ1) is 18.0. The number of hydrogen-bond donors (Lipinski definition) is 1. The molecule has 0 aliphatic carbocycles. The molecule has 202 valence electrons. The van der Waals surface area contributed by atoms with Crippen LogP contribution in [0.4, 0.5) is 8.78 Å². The predicted octanol–water partition coefficient (Wildman–Crippen LogP) is 6.09. The Kier molecular flexibility index (Phi) is 7.74. The SMILES string of the molecule is COc1cc(C(=O)CCC(C)(O)c2cc3c(c(-c4ccc(F)c(C)c4)n2)OCC3(C)C)ccc1OCCF. The summed E-state index contributed by atoms with van der Waals surface area (Å²) in [5.41, 5.74) is 1.66. The van der Waals surface area contributed by atoms with Crippen molar-refractivity contribution < 1.29 is 32.9 Å². The van der Waals surface area contributed by atoms with E-state index in [-0.39, 0.29) is 36.5 Å². The maximum atomic E-state index is 14.0. The van der Waals surface area contributed by atoms with Crippen LogP contribution >= 0.6 is 0 Å². The second-order valence-electron chi connectivity index (χ2n) is 10.5. The highest BCUT2D eigenvalue weighted by Gasteiger charge is 2.38. The topological polar surface area (TPSA) is 77.9 Å². The summed E-state index contributed by atoms with van der Waals surface area (Å²) in [4.78, 5) is 17.8. The van der Waals surface area contributed by atoms with Crippen molar-refractivity contribution >= 4 is 5.78 Å². The Balaban J connectivity index is 1.62. The standard InChI is InChI=1S/C30H33F2NO5/c1-18-14-20(6-8-22(18)32)27-28-21(29(2,3)17-38-28)16-26(33-27)30(4,35)11-10-23(34)19-7-9-24(37-13-12-31)25(15-19)36-5/h6-9,14-16,35H,10-13,17H2,1-5H3. The Morgan fingerprint density at radius 1 is 1.18 bits per heavy atom. The number of aryl methyl sites for hydroxylation is 1. The van der Waals surface area contributed by atoms with Gasteiger partial charge in [0, 0.05) is 28.5 Å². The number of aromatic nitrogens is 1. The Bertz CT molecular complexity index is 1350. The van der Waals surface area contributed by atoms with Gasteiger partial charge in [-0.25, -0.2) is 13.8 Å². The lowest BCUT2D eigenvalue weighted by molar-refractivity contribution is 0.0396. The van der Waals surface area contributed by atoms with Gasteiger partial charge in [-0.05, 0) is 68.3 Å². The zero-order valence-electron chi connectivity index (χ0n) is 22.4. The third-order valence-electron chi connectivity index (χ3n) is 6.92. The maximum absolute atomic E-state index is 14.0.